The van der Waals surface area contributed by atoms with Gasteiger partial charge < -0.3 is 15.2 Å². The Morgan fingerprint density at radius 2 is 2.26 bits per heavy atom. The Hall–Kier alpha value is -2.12. The van der Waals surface area contributed by atoms with Crippen molar-refractivity contribution in [3.8, 4) is 5.75 Å². The fourth-order valence-electron chi connectivity index (χ4n) is 2.34. The summed E-state index contributed by atoms with van der Waals surface area (Å²) in [5.41, 5.74) is 7.15. The van der Waals surface area contributed by atoms with Crippen molar-refractivity contribution in [3.05, 3.63) is 23.8 Å². The SMILES string of the molecule is O=C1COc2ccc(C3NNCC3C(=O)O)cc2N1. The number of aliphatic carboxylic acids is 1. The number of anilines is 1. The Balaban J connectivity index is 1.91. The number of carbonyl (C=O) groups is 2. The second kappa shape index (κ2) is 4.52. The monoisotopic (exact) mass is 263 g/mol. The van der Waals surface area contributed by atoms with Gasteiger partial charge in [-0.25, -0.2) is 5.43 Å². The topological polar surface area (TPSA) is 99.7 Å². The molecule has 0 aliphatic carbocycles. The first-order valence-corrected chi connectivity index (χ1v) is 5.93. The van der Waals surface area contributed by atoms with Gasteiger partial charge in [0.05, 0.1) is 17.6 Å². The van der Waals surface area contributed by atoms with E-state index in [1.165, 1.54) is 0 Å². The summed E-state index contributed by atoms with van der Waals surface area (Å²) < 4.78 is 5.26. The molecule has 2 aliphatic heterocycles. The highest BCUT2D eigenvalue weighted by molar-refractivity contribution is 5.95. The fraction of sp³-hybridized carbons (Fsp3) is 0.333. The number of hydrazine groups is 1. The van der Waals surface area contributed by atoms with Gasteiger partial charge in [0, 0.05) is 6.54 Å². The van der Waals surface area contributed by atoms with Crippen molar-refractivity contribution in [1.29, 1.82) is 0 Å². The molecule has 3 rings (SSSR count). The molecule has 2 unspecified atom stereocenters. The lowest BCUT2D eigenvalue weighted by molar-refractivity contribution is -0.141. The van der Waals surface area contributed by atoms with Crippen molar-refractivity contribution in [2.75, 3.05) is 18.5 Å². The van der Waals surface area contributed by atoms with Crippen molar-refractivity contribution < 1.29 is 19.4 Å². The third kappa shape index (κ3) is 2.13. The van der Waals surface area contributed by atoms with Gasteiger partial charge in [-0.2, -0.15) is 0 Å². The van der Waals surface area contributed by atoms with Crippen LogP contribution in [-0.4, -0.2) is 30.1 Å². The third-order valence-corrected chi connectivity index (χ3v) is 3.29. The molecular weight excluding hydrogens is 250 g/mol. The van der Waals surface area contributed by atoms with E-state index in [1.807, 2.05) is 0 Å². The predicted molar refractivity (Wildman–Crippen MR) is 65.6 cm³/mol. The van der Waals surface area contributed by atoms with E-state index in [1.54, 1.807) is 18.2 Å². The second-order valence-electron chi connectivity index (χ2n) is 4.54. The van der Waals surface area contributed by atoms with Crippen molar-refractivity contribution >= 4 is 17.6 Å². The largest absolute Gasteiger partial charge is 0.482 e. The zero-order valence-corrected chi connectivity index (χ0v) is 9.97. The Kier molecular flexibility index (Phi) is 2.84. The van der Waals surface area contributed by atoms with Crippen LogP contribution in [0.25, 0.3) is 0 Å². The van der Waals surface area contributed by atoms with E-state index in [2.05, 4.69) is 16.2 Å². The average molecular weight is 263 g/mol. The van der Waals surface area contributed by atoms with Crippen LogP contribution in [0.3, 0.4) is 0 Å². The van der Waals surface area contributed by atoms with Crippen LogP contribution in [0.15, 0.2) is 18.2 Å². The molecule has 1 aromatic carbocycles. The first-order valence-electron chi connectivity index (χ1n) is 5.93. The number of carboxylic acids is 1. The van der Waals surface area contributed by atoms with Gasteiger partial charge in [0.25, 0.3) is 5.91 Å². The molecule has 7 nitrogen and oxygen atoms in total. The van der Waals surface area contributed by atoms with Crippen LogP contribution < -0.4 is 20.9 Å². The highest BCUT2D eigenvalue weighted by Gasteiger charge is 2.34. The first kappa shape index (κ1) is 11.9. The number of ether oxygens (including phenoxy) is 1. The zero-order chi connectivity index (χ0) is 13.4. The van der Waals surface area contributed by atoms with Crippen molar-refractivity contribution in [2.45, 2.75) is 6.04 Å². The van der Waals surface area contributed by atoms with E-state index in [0.717, 1.165) is 5.56 Å². The van der Waals surface area contributed by atoms with Crippen LogP contribution in [0.4, 0.5) is 5.69 Å². The molecule has 100 valence electrons. The molecule has 7 heteroatoms. The molecule has 1 aromatic rings. The average Bonchev–Trinajstić information content (AvgIpc) is 2.87. The molecule has 0 bridgehead atoms. The fourth-order valence-corrected chi connectivity index (χ4v) is 2.34. The van der Waals surface area contributed by atoms with Crippen LogP contribution >= 0.6 is 0 Å². The van der Waals surface area contributed by atoms with Crippen LogP contribution in [-0.2, 0) is 9.59 Å². The molecule has 1 saturated heterocycles. The Bertz CT molecular complexity index is 546. The summed E-state index contributed by atoms with van der Waals surface area (Å²) in [6, 6.07) is 4.95. The Morgan fingerprint density at radius 3 is 3.05 bits per heavy atom. The summed E-state index contributed by atoms with van der Waals surface area (Å²) >= 11 is 0. The maximum Gasteiger partial charge on any atom is 0.309 e. The molecule has 19 heavy (non-hydrogen) atoms. The first-order chi connectivity index (χ1) is 9.15. The number of carbonyl (C=O) groups excluding carboxylic acids is 1. The van der Waals surface area contributed by atoms with Crippen LogP contribution in [0.2, 0.25) is 0 Å². The van der Waals surface area contributed by atoms with Gasteiger partial charge in [-0.3, -0.25) is 15.0 Å². The molecule has 1 amide bonds. The number of fused-ring (bicyclic) bond motifs is 1. The van der Waals surface area contributed by atoms with Crippen molar-refractivity contribution in [1.82, 2.24) is 10.9 Å². The quantitative estimate of drug-likeness (QED) is 0.593. The molecule has 2 atom stereocenters. The van der Waals surface area contributed by atoms with Gasteiger partial charge >= 0.3 is 5.97 Å². The molecular formula is C12H13N3O4. The van der Waals surface area contributed by atoms with Crippen LogP contribution in [0.1, 0.15) is 11.6 Å². The number of carboxylic acid groups (broad SMARTS) is 1. The predicted octanol–water partition coefficient (Wildman–Crippen LogP) is -0.133. The molecule has 1 fully saturated rings. The van der Waals surface area contributed by atoms with E-state index >= 15 is 0 Å². The number of rotatable bonds is 2. The summed E-state index contributed by atoms with van der Waals surface area (Å²) in [5, 5.41) is 11.9. The van der Waals surface area contributed by atoms with Crippen LogP contribution in [0, 0.1) is 5.92 Å². The van der Waals surface area contributed by atoms with Crippen molar-refractivity contribution in [2.24, 2.45) is 5.92 Å². The van der Waals surface area contributed by atoms with Gasteiger partial charge in [-0.1, -0.05) is 6.07 Å². The van der Waals surface area contributed by atoms with Gasteiger partial charge in [-0.15, -0.1) is 0 Å². The number of amides is 1. The summed E-state index contributed by atoms with van der Waals surface area (Å²) in [6.45, 7) is 0.368. The summed E-state index contributed by atoms with van der Waals surface area (Å²) in [4.78, 5) is 22.4. The van der Waals surface area contributed by atoms with Gasteiger partial charge in [0.15, 0.2) is 6.61 Å². The summed E-state index contributed by atoms with van der Waals surface area (Å²) in [6.07, 6.45) is 0. The standard InChI is InChI=1S/C12H13N3O4/c16-10-5-19-9-2-1-6(3-8(9)14-10)11-7(12(17)18)4-13-15-11/h1-3,7,11,13,15H,4-5H2,(H,14,16)(H,17,18). The Morgan fingerprint density at radius 1 is 1.42 bits per heavy atom. The zero-order valence-electron chi connectivity index (χ0n) is 9.97. The smallest absolute Gasteiger partial charge is 0.309 e. The summed E-state index contributed by atoms with van der Waals surface area (Å²) in [5.74, 6) is -1.02. The van der Waals surface area contributed by atoms with E-state index < -0.39 is 11.9 Å². The van der Waals surface area contributed by atoms with Crippen LogP contribution in [0.5, 0.6) is 5.75 Å². The lowest BCUT2D eigenvalue weighted by Crippen LogP contribution is -2.28. The van der Waals surface area contributed by atoms with Gasteiger partial charge in [0.1, 0.15) is 5.75 Å². The lowest BCUT2D eigenvalue weighted by atomic mass is 9.94. The highest BCUT2D eigenvalue weighted by atomic mass is 16.5. The number of nitrogens with one attached hydrogen (secondary N) is 3. The molecule has 0 aromatic heterocycles. The third-order valence-electron chi connectivity index (χ3n) is 3.29. The minimum Gasteiger partial charge on any atom is -0.482 e. The summed E-state index contributed by atoms with van der Waals surface area (Å²) in [7, 11) is 0. The minimum atomic E-state index is -0.861. The van der Waals surface area contributed by atoms with Gasteiger partial charge in [0.2, 0.25) is 0 Å². The van der Waals surface area contributed by atoms with Gasteiger partial charge in [-0.05, 0) is 17.7 Å². The lowest BCUT2D eigenvalue weighted by Gasteiger charge is -2.21. The van der Waals surface area contributed by atoms with E-state index in [0.29, 0.717) is 18.0 Å². The number of benzene rings is 1. The maximum atomic E-state index is 11.3. The Labute approximate surface area is 108 Å². The maximum absolute atomic E-state index is 11.3. The molecule has 4 N–H and O–H groups in total. The normalized spacial score (nSPS) is 25.4. The second-order valence-corrected chi connectivity index (χ2v) is 4.54. The molecule has 0 spiro atoms. The molecule has 0 radical (unpaired) electrons. The molecule has 0 saturated carbocycles. The van der Waals surface area contributed by atoms with Crippen molar-refractivity contribution in [3.63, 3.8) is 0 Å². The molecule has 2 heterocycles. The van der Waals surface area contributed by atoms with E-state index in [4.69, 9.17) is 9.84 Å². The highest BCUT2D eigenvalue weighted by Crippen LogP contribution is 2.33. The number of hydrogen-bond donors (Lipinski definition) is 4. The van der Waals surface area contributed by atoms with E-state index in [-0.39, 0.29) is 18.6 Å². The van der Waals surface area contributed by atoms with E-state index in [9.17, 15) is 9.59 Å². The minimum absolute atomic E-state index is 0.00727. The molecule has 2 aliphatic rings. The number of hydrogen-bond acceptors (Lipinski definition) is 5.